The first-order chi connectivity index (χ1) is 8.06. The van der Waals surface area contributed by atoms with Gasteiger partial charge in [0, 0.05) is 13.1 Å². The molecule has 0 aliphatic carbocycles. The highest BCUT2D eigenvalue weighted by atomic mass is 32.2. The summed E-state index contributed by atoms with van der Waals surface area (Å²) in [4.78, 5) is -0.101. The summed E-state index contributed by atoms with van der Waals surface area (Å²) in [7, 11) is -3.67. The number of hydrogen-bond acceptors (Lipinski definition) is 4. The lowest BCUT2D eigenvalue weighted by Gasteiger charge is -2.07. The highest BCUT2D eigenvalue weighted by Gasteiger charge is 2.13. The Hall–Kier alpha value is -1.02. The van der Waals surface area contributed by atoms with E-state index in [1.807, 2.05) is 0 Å². The topological polar surface area (TPSA) is 81.4 Å². The average Bonchev–Trinajstić information content (AvgIpc) is 2.29. The van der Waals surface area contributed by atoms with Crippen LogP contribution in [-0.2, 0) is 14.8 Å². The second-order valence-electron chi connectivity index (χ2n) is 3.26. The summed E-state index contributed by atoms with van der Waals surface area (Å²) in [5.41, 5.74) is 5.20. The summed E-state index contributed by atoms with van der Waals surface area (Å²) in [5.74, 6) is -0.591. The summed E-state index contributed by atoms with van der Waals surface area (Å²) in [6.45, 7) is 1.11. The van der Waals surface area contributed by atoms with Gasteiger partial charge in [-0.25, -0.2) is 17.5 Å². The van der Waals surface area contributed by atoms with Crippen molar-refractivity contribution < 1.29 is 17.5 Å². The quantitative estimate of drug-likeness (QED) is 0.682. The molecule has 17 heavy (non-hydrogen) atoms. The highest BCUT2D eigenvalue weighted by Crippen LogP contribution is 2.09. The molecular weight excluding hydrogens is 247 g/mol. The first kappa shape index (κ1) is 14.0. The van der Waals surface area contributed by atoms with Gasteiger partial charge in [-0.3, -0.25) is 0 Å². The van der Waals surface area contributed by atoms with Crippen LogP contribution in [0.5, 0.6) is 0 Å². The number of hydrogen-bond donors (Lipinski definition) is 2. The summed E-state index contributed by atoms with van der Waals surface area (Å²) < 4.78 is 43.5. The molecule has 0 atom stereocenters. The van der Waals surface area contributed by atoms with Gasteiger partial charge in [0.15, 0.2) is 0 Å². The highest BCUT2D eigenvalue weighted by molar-refractivity contribution is 7.89. The van der Waals surface area contributed by atoms with Gasteiger partial charge >= 0.3 is 0 Å². The van der Waals surface area contributed by atoms with E-state index in [9.17, 15) is 12.8 Å². The van der Waals surface area contributed by atoms with Crippen molar-refractivity contribution in [3.8, 4) is 0 Å². The van der Waals surface area contributed by atoms with Crippen molar-refractivity contribution >= 4 is 10.0 Å². The Morgan fingerprint density at radius 2 is 2.12 bits per heavy atom. The van der Waals surface area contributed by atoms with Crippen LogP contribution in [0.2, 0.25) is 0 Å². The molecule has 0 aliphatic rings. The molecule has 1 aromatic carbocycles. The van der Waals surface area contributed by atoms with Gasteiger partial charge in [-0.05, 0) is 18.2 Å². The van der Waals surface area contributed by atoms with E-state index in [1.54, 1.807) is 0 Å². The fourth-order valence-corrected chi connectivity index (χ4v) is 2.20. The Bertz CT molecular complexity index is 451. The molecule has 0 heterocycles. The number of nitrogens with one attached hydrogen (secondary N) is 1. The fraction of sp³-hybridized carbons (Fsp3) is 0.400. The summed E-state index contributed by atoms with van der Waals surface area (Å²) >= 11 is 0. The largest absolute Gasteiger partial charge is 0.379 e. The molecular formula is C10H15FN2O3S. The maximum absolute atomic E-state index is 12.9. The number of halogens is 1. The first-order valence-corrected chi connectivity index (χ1v) is 6.57. The predicted molar refractivity (Wildman–Crippen MR) is 61.5 cm³/mol. The molecule has 0 unspecified atom stereocenters. The van der Waals surface area contributed by atoms with Gasteiger partial charge in [0.25, 0.3) is 0 Å². The zero-order chi connectivity index (χ0) is 12.7. The molecule has 1 aromatic rings. The Balaban J connectivity index is 2.51. The minimum absolute atomic E-state index is 0.101. The summed E-state index contributed by atoms with van der Waals surface area (Å²) in [5, 5.41) is 0. The van der Waals surface area contributed by atoms with Crippen molar-refractivity contribution in [2.24, 2.45) is 5.73 Å². The zero-order valence-corrected chi connectivity index (χ0v) is 10.0. The Morgan fingerprint density at radius 3 is 2.76 bits per heavy atom. The van der Waals surface area contributed by atoms with Crippen LogP contribution in [-0.4, -0.2) is 34.7 Å². The first-order valence-electron chi connectivity index (χ1n) is 5.09. The van der Waals surface area contributed by atoms with Crippen molar-refractivity contribution in [1.82, 2.24) is 4.72 Å². The molecule has 0 spiro atoms. The summed E-state index contributed by atoms with van der Waals surface area (Å²) in [6.07, 6.45) is 0. The van der Waals surface area contributed by atoms with Gasteiger partial charge in [0.05, 0.1) is 18.1 Å². The molecule has 5 nitrogen and oxygen atoms in total. The number of rotatable bonds is 7. The molecule has 7 heteroatoms. The molecule has 0 radical (unpaired) electrons. The van der Waals surface area contributed by atoms with Gasteiger partial charge in [-0.15, -0.1) is 0 Å². The number of nitrogens with two attached hydrogens (primary N) is 1. The van der Waals surface area contributed by atoms with Gasteiger partial charge < -0.3 is 10.5 Å². The predicted octanol–water partition coefficient (Wildman–Crippen LogP) is 0.0793. The van der Waals surface area contributed by atoms with E-state index in [0.29, 0.717) is 13.2 Å². The molecule has 0 bridgehead atoms. The van der Waals surface area contributed by atoms with Crippen LogP contribution in [0.15, 0.2) is 29.2 Å². The van der Waals surface area contributed by atoms with Crippen LogP contribution >= 0.6 is 0 Å². The lowest BCUT2D eigenvalue weighted by Crippen LogP contribution is -2.28. The van der Waals surface area contributed by atoms with E-state index >= 15 is 0 Å². The van der Waals surface area contributed by atoms with Gasteiger partial charge in [0.1, 0.15) is 5.82 Å². The average molecular weight is 262 g/mol. The van der Waals surface area contributed by atoms with Crippen molar-refractivity contribution in [3.05, 3.63) is 30.1 Å². The van der Waals surface area contributed by atoms with E-state index in [4.69, 9.17) is 10.5 Å². The van der Waals surface area contributed by atoms with Crippen molar-refractivity contribution in [3.63, 3.8) is 0 Å². The van der Waals surface area contributed by atoms with E-state index in [0.717, 1.165) is 6.07 Å². The Labute approximate surface area is 99.8 Å². The van der Waals surface area contributed by atoms with Crippen LogP contribution in [0, 0.1) is 5.82 Å². The molecule has 1 rings (SSSR count). The molecule has 0 amide bonds. The number of sulfonamides is 1. The van der Waals surface area contributed by atoms with Crippen molar-refractivity contribution in [1.29, 1.82) is 0 Å². The second-order valence-corrected chi connectivity index (χ2v) is 5.02. The van der Waals surface area contributed by atoms with E-state index in [-0.39, 0.29) is 18.0 Å². The third-order valence-corrected chi connectivity index (χ3v) is 3.37. The smallest absolute Gasteiger partial charge is 0.240 e. The van der Waals surface area contributed by atoms with E-state index < -0.39 is 15.8 Å². The van der Waals surface area contributed by atoms with Crippen LogP contribution < -0.4 is 10.5 Å². The van der Waals surface area contributed by atoms with Crippen LogP contribution in [0.25, 0.3) is 0 Å². The van der Waals surface area contributed by atoms with Crippen molar-refractivity contribution in [2.45, 2.75) is 4.90 Å². The summed E-state index contributed by atoms with van der Waals surface area (Å²) in [6, 6.07) is 4.81. The molecule has 0 saturated heterocycles. The molecule has 0 saturated carbocycles. The van der Waals surface area contributed by atoms with Gasteiger partial charge in [-0.2, -0.15) is 0 Å². The molecule has 3 N–H and O–H groups in total. The lowest BCUT2D eigenvalue weighted by molar-refractivity contribution is 0.147. The molecule has 0 aromatic heterocycles. The maximum Gasteiger partial charge on any atom is 0.240 e. The number of benzene rings is 1. The maximum atomic E-state index is 12.9. The standard InChI is InChI=1S/C10H15FN2O3S/c11-9-2-1-3-10(8-9)17(14,15)13-5-7-16-6-4-12/h1-3,8,13H,4-7,12H2. The van der Waals surface area contributed by atoms with E-state index in [1.165, 1.54) is 18.2 Å². The minimum Gasteiger partial charge on any atom is -0.379 e. The van der Waals surface area contributed by atoms with Crippen LogP contribution in [0.3, 0.4) is 0 Å². The third kappa shape index (κ3) is 4.78. The fourth-order valence-electron chi connectivity index (χ4n) is 1.15. The Kier molecular flexibility index (Phi) is 5.49. The monoisotopic (exact) mass is 262 g/mol. The lowest BCUT2D eigenvalue weighted by atomic mass is 10.4. The Morgan fingerprint density at radius 1 is 1.35 bits per heavy atom. The third-order valence-electron chi connectivity index (χ3n) is 1.91. The minimum atomic E-state index is -3.67. The SMILES string of the molecule is NCCOCCNS(=O)(=O)c1cccc(F)c1. The van der Waals surface area contributed by atoms with Gasteiger partial charge in [-0.1, -0.05) is 6.07 Å². The number of ether oxygens (including phenoxy) is 1. The van der Waals surface area contributed by atoms with Crippen LogP contribution in [0.4, 0.5) is 4.39 Å². The zero-order valence-electron chi connectivity index (χ0n) is 9.23. The van der Waals surface area contributed by atoms with Gasteiger partial charge in [0.2, 0.25) is 10.0 Å². The van der Waals surface area contributed by atoms with Crippen molar-refractivity contribution in [2.75, 3.05) is 26.3 Å². The second kappa shape index (κ2) is 6.65. The normalized spacial score (nSPS) is 11.6. The molecule has 96 valence electrons. The molecule has 0 aliphatic heterocycles. The van der Waals surface area contributed by atoms with E-state index in [2.05, 4.69) is 4.72 Å². The molecule has 0 fully saturated rings. The van der Waals surface area contributed by atoms with Crippen LogP contribution in [0.1, 0.15) is 0 Å².